The van der Waals surface area contributed by atoms with Crippen molar-refractivity contribution in [1.29, 1.82) is 5.26 Å². The van der Waals surface area contributed by atoms with E-state index < -0.39 is 6.10 Å². The number of ether oxygens (including phenoxy) is 1. The van der Waals surface area contributed by atoms with Gasteiger partial charge in [-0.3, -0.25) is 4.79 Å². The summed E-state index contributed by atoms with van der Waals surface area (Å²) in [7, 11) is 1.71. The zero-order chi connectivity index (χ0) is 15.2. The lowest BCUT2D eigenvalue weighted by atomic mass is 10.2. The van der Waals surface area contributed by atoms with Crippen LogP contribution >= 0.6 is 0 Å². The molecule has 1 amide bonds. The summed E-state index contributed by atoms with van der Waals surface area (Å²) in [4.78, 5) is 13.9. The van der Waals surface area contributed by atoms with E-state index >= 15 is 0 Å². The first kappa shape index (κ1) is 14.6. The van der Waals surface area contributed by atoms with E-state index in [0.29, 0.717) is 11.3 Å². The summed E-state index contributed by atoms with van der Waals surface area (Å²) in [6.07, 6.45) is -0.635. The summed E-state index contributed by atoms with van der Waals surface area (Å²) in [6, 6.07) is 18.2. The molecule has 2 aromatic carbocycles. The number of rotatable bonds is 4. The second-order valence-corrected chi connectivity index (χ2v) is 4.63. The molecule has 106 valence electrons. The van der Waals surface area contributed by atoms with Gasteiger partial charge in [0.05, 0.1) is 11.6 Å². The minimum Gasteiger partial charge on any atom is -0.481 e. The highest BCUT2D eigenvalue weighted by atomic mass is 16.5. The number of carbonyl (C=O) groups excluding carboxylic acids is 1. The second kappa shape index (κ2) is 6.58. The first-order valence-corrected chi connectivity index (χ1v) is 6.61. The van der Waals surface area contributed by atoms with E-state index in [4.69, 9.17) is 10.00 Å². The molecule has 0 aliphatic heterocycles. The Hall–Kier alpha value is -2.80. The average Bonchev–Trinajstić information content (AvgIpc) is 2.54. The molecular formula is C17H16N2O2. The Bertz CT molecular complexity index is 662. The van der Waals surface area contributed by atoms with Gasteiger partial charge in [0.25, 0.3) is 5.91 Å². The summed E-state index contributed by atoms with van der Waals surface area (Å²) >= 11 is 0. The number of nitrogens with zero attached hydrogens (tertiary/aromatic N) is 2. The Morgan fingerprint density at radius 3 is 2.57 bits per heavy atom. The van der Waals surface area contributed by atoms with Crippen LogP contribution in [0.5, 0.6) is 5.75 Å². The van der Waals surface area contributed by atoms with Crippen LogP contribution in [0.15, 0.2) is 54.6 Å². The molecule has 0 fully saturated rings. The molecule has 0 aromatic heterocycles. The fourth-order valence-corrected chi connectivity index (χ4v) is 1.95. The number of hydrogen-bond acceptors (Lipinski definition) is 3. The van der Waals surface area contributed by atoms with Crippen molar-refractivity contribution in [2.75, 3.05) is 11.9 Å². The van der Waals surface area contributed by atoms with Crippen molar-refractivity contribution >= 4 is 11.6 Å². The maximum Gasteiger partial charge on any atom is 0.267 e. The van der Waals surface area contributed by atoms with E-state index in [9.17, 15) is 4.79 Å². The maximum atomic E-state index is 12.3. The van der Waals surface area contributed by atoms with Crippen LogP contribution in [0.1, 0.15) is 12.5 Å². The highest BCUT2D eigenvalue weighted by Gasteiger charge is 2.20. The van der Waals surface area contributed by atoms with Crippen molar-refractivity contribution < 1.29 is 9.53 Å². The molecule has 4 nitrogen and oxygen atoms in total. The molecule has 0 saturated heterocycles. The largest absolute Gasteiger partial charge is 0.481 e. The van der Waals surface area contributed by atoms with Gasteiger partial charge in [-0.05, 0) is 37.3 Å². The number of nitriles is 1. The molecular weight excluding hydrogens is 264 g/mol. The number of anilines is 1. The Morgan fingerprint density at radius 1 is 1.19 bits per heavy atom. The first-order chi connectivity index (χ1) is 10.1. The molecule has 0 radical (unpaired) electrons. The van der Waals surface area contributed by atoms with E-state index in [2.05, 4.69) is 0 Å². The Morgan fingerprint density at radius 2 is 1.90 bits per heavy atom. The third kappa shape index (κ3) is 3.61. The minimum absolute atomic E-state index is 0.149. The zero-order valence-electron chi connectivity index (χ0n) is 12.0. The van der Waals surface area contributed by atoms with Gasteiger partial charge in [-0.25, -0.2) is 0 Å². The van der Waals surface area contributed by atoms with Crippen LogP contribution in [0.25, 0.3) is 0 Å². The molecule has 0 bridgehead atoms. The molecule has 4 heteroatoms. The predicted molar refractivity (Wildman–Crippen MR) is 81.1 cm³/mol. The standard InChI is InChI=1S/C17H16N2O2/c1-13(21-16-10-6-7-14(11-16)12-18)17(20)19(2)15-8-4-3-5-9-15/h3-11,13H,1-2H3/t13-/m0/s1. The normalized spacial score (nSPS) is 11.3. The molecule has 0 spiro atoms. The maximum absolute atomic E-state index is 12.3. The molecule has 0 aliphatic rings. The van der Waals surface area contributed by atoms with Gasteiger partial charge < -0.3 is 9.64 Å². The van der Waals surface area contributed by atoms with Gasteiger partial charge in [-0.15, -0.1) is 0 Å². The fourth-order valence-electron chi connectivity index (χ4n) is 1.95. The van der Waals surface area contributed by atoms with Gasteiger partial charge in [0.2, 0.25) is 0 Å². The van der Waals surface area contributed by atoms with Crippen LogP contribution in [0, 0.1) is 11.3 Å². The molecule has 0 aliphatic carbocycles. The van der Waals surface area contributed by atoms with Crippen LogP contribution in [-0.4, -0.2) is 19.1 Å². The number of benzene rings is 2. The monoisotopic (exact) mass is 280 g/mol. The number of likely N-dealkylation sites (N-methyl/N-ethyl adjacent to an activating group) is 1. The van der Waals surface area contributed by atoms with Crippen molar-refractivity contribution in [2.45, 2.75) is 13.0 Å². The molecule has 2 aromatic rings. The van der Waals surface area contributed by atoms with Gasteiger partial charge in [-0.1, -0.05) is 24.3 Å². The van der Waals surface area contributed by atoms with Gasteiger partial charge >= 0.3 is 0 Å². The van der Waals surface area contributed by atoms with E-state index in [0.717, 1.165) is 5.69 Å². The van der Waals surface area contributed by atoms with Crippen molar-refractivity contribution in [1.82, 2.24) is 0 Å². The number of para-hydroxylation sites is 1. The van der Waals surface area contributed by atoms with Gasteiger partial charge in [0.15, 0.2) is 6.10 Å². The lowest BCUT2D eigenvalue weighted by molar-refractivity contribution is -0.124. The lowest BCUT2D eigenvalue weighted by Gasteiger charge is -2.22. The molecule has 0 saturated carbocycles. The van der Waals surface area contributed by atoms with Crippen LogP contribution in [0.4, 0.5) is 5.69 Å². The third-order valence-corrected chi connectivity index (χ3v) is 3.10. The van der Waals surface area contributed by atoms with E-state index in [1.165, 1.54) is 0 Å². The lowest BCUT2D eigenvalue weighted by Crippen LogP contribution is -2.38. The van der Waals surface area contributed by atoms with Crippen molar-refractivity contribution in [3.63, 3.8) is 0 Å². The van der Waals surface area contributed by atoms with Crippen molar-refractivity contribution in [3.05, 3.63) is 60.2 Å². The molecule has 0 unspecified atom stereocenters. The smallest absolute Gasteiger partial charge is 0.267 e. The fraction of sp³-hybridized carbons (Fsp3) is 0.176. The van der Waals surface area contributed by atoms with Gasteiger partial charge in [0.1, 0.15) is 5.75 Å². The zero-order valence-corrected chi connectivity index (χ0v) is 12.0. The van der Waals surface area contributed by atoms with Gasteiger partial charge in [-0.2, -0.15) is 5.26 Å². The molecule has 21 heavy (non-hydrogen) atoms. The summed E-state index contributed by atoms with van der Waals surface area (Å²) in [5.74, 6) is 0.361. The number of amides is 1. The Balaban J connectivity index is 2.07. The SMILES string of the molecule is C[C@H](Oc1cccc(C#N)c1)C(=O)N(C)c1ccccc1. The van der Waals surface area contributed by atoms with Crippen LogP contribution in [0.3, 0.4) is 0 Å². The summed E-state index contributed by atoms with van der Waals surface area (Å²) in [5, 5.41) is 8.86. The first-order valence-electron chi connectivity index (χ1n) is 6.61. The third-order valence-electron chi connectivity index (χ3n) is 3.10. The van der Waals surface area contributed by atoms with Crippen LogP contribution in [-0.2, 0) is 4.79 Å². The van der Waals surface area contributed by atoms with Crippen molar-refractivity contribution in [3.8, 4) is 11.8 Å². The molecule has 1 atom stereocenters. The molecule has 2 rings (SSSR count). The topological polar surface area (TPSA) is 53.3 Å². The predicted octanol–water partition coefficient (Wildman–Crippen LogP) is 2.99. The summed E-state index contributed by atoms with van der Waals surface area (Å²) < 4.78 is 5.62. The average molecular weight is 280 g/mol. The van der Waals surface area contributed by atoms with Crippen molar-refractivity contribution in [2.24, 2.45) is 0 Å². The van der Waals surface area contributed by atoms with E-state index in [-0.39, 0.29) is 5.91 Å². The van der Waals surface area contributed by atoms with E-state index in [1.807, 2.05) is 36.4 Å². The highest BCUT2D eigenvalue weighted by molar-refractivity contribution is 5.95. The van der Waals surface area contributed by atoms with Crippen LogP contribution in [0.2, 0.25) is 0 Å². The van der Waals surface area contributed by atoms with Crippen LogP contribution < -0.4 is 9.64 Å². The quantitative estimate of drug-likeness (QED) is 0.865. The van der Waals surface area contributed by atoms with E-state index in [1.54, 1.807) is 43.1 Å². The molecule has 0 N–H and O–H groups in total. The summed E-state index contributed by atoms with van der Waals surface area (Å²) in [6.45, 7) is 1.70. The Kier molecular flexibility index (Phi) is 4.57. The number of hydrogen-bond donors (Lipinski definition) is 0. The Labute approximate surface area is 124 Å². The molecule has 0 heterocycles. The minimum atomic E-state index is -0.635. The second-order valence-electron chi connectivity index (χ2n) is 4.63. The highest BCUT2D eigenvalue weighted by Crippen LogP contribution is 2.17. The summed E-state index contributed by atoms with van der Waals surface area (Å²) in [5.41, 5.74) is 1.31. The number of carbonyl (C=O) groups is 1. The van der Waals surface area contributed by atoms with Gasteiger partial charge in [0, 0.05) is 12.7 Å².